The predicted molar refractivity (Wildman–Crippen MR) is 73.9 cm³/mol. The molecule has 0 aliphatic heterocycles. The normalized spacial score (nSPS) is 11.4. The van der Waals surface area contributed by atoms with Gasteiger partial charge in [0.15, 0.2) is 0 Å². The zero-order valence-corrected chi connectivity index (χ0v) is 11.2. The molecular weight excluding hydrogens is 264 g/mol. The van der Waals surface area contributed by atoms with Crippen LogP contribution < -0.4 is 5.32 Å². The SMILES string of the molecule is CC(SCC(=O)Nc1ccc(CC#N)cc1)C(=O)O. The average molecular weight is 278 g/mol. The van der Waals surface area contributed by atoms with Gasteiger partial charge in [0, 0.05) is 5.69 Å². The lowest BCUT2D eigenvalue weighted by Crippen LogP contribution is -2.19. The first-order valence-electron chi connectivity index (χ1n) is 5.63. The Balaban J connectivity index is 2.44. The summed E-state index contributed by atoms with van der Waals surface area (Å²) < 4.78 is 0. The maximum absolute atomic E-state index is 11.6. The summed E-state index contributed by atoms with van der Waals surface area (Å²) in [4.78, 5) is 22.2. The van der Waals surface area contributed by atoms with E-state index in [1.54, 1.807) is 24.3 Å². The quantitative estimate of drug-likeness (QED) is 0.829. The van der Waals surface area contributed by atoms with Gasteiger partial charge >= 0.3 is 5.97 Å². The fourth-order valence-corrected chi connectivity index (χ4v) is 1.88. The molecule has 6 heteroatoms. The van der Waals surface area contributed by atoms with Crippen LogP contribution in [0.5, 0.6) is 0 Å². The molecule has 0 saturated carbocycles. The highest BCUT2D eigenvalue weighted by molar-refractivity contribution is 8.01. The van der Waals surface area contributed by atoms with Crippen molar-refractivity contribution in [2.75, 3.05) is 11.1 Å². The molecule has 1 rings (SSSR count). The third-order valence-corrected chi connectivity index (χ3v) is 3.46. The summed E-state index contributed by atoms with van der Waals surface area (Å²) >= 11 is 1.07. The van der Waals surface area contributed by atoms with Crippen molar-refractivity contribution < 1.29 is 14.7 Å². The monoisotopic (exact) mass is 278 g/mol. The van der Waals surface area contributed by atoms with Crippen LogP contribution in [0, 0.1) is 11.3 Å². The zero-order chi connectivity index (χ0) is 14.3. The molecule has 0 saturated heterocycles. The summed E-state index contributed by atoms with van der Waals surface area (Å²) in [5.41, 5.74) is 1.52. The van der Waals surface area contributed by atoms with Gasteiger partial charge in [0.2, 0.25) is 5.91 Å². The van der Waals surface area contributed by atoms with Gasteiger partial charge < -0.3 is 10.4 Å². The number of hydrogen-bond donors (Lipinski definition) is 2. The number of carboxylic acid groups (broad SMARTS) is 1. The Labute approximate surface area is 115 Å². The van der Waals surface area contributed by atoms with Crippen LogP contribution in [0.3, 0.4) is 0 Å². The Morgan fingerprint density at radius 3 is 2.58 bits per heavy atom. The summed E-state index contributed by atoms with van der Waals surface area (Å²) in [7, 11) is 0. The molecule has 1 amide bonds. The molecule has 0 spiro atoms. The van der Waals surface area contributed by atoms with Crippen molar-refractivity contribution in [3.63, 3.8) is 0 Å². The number of rotatable bonds is 6. The van der Waals surface area contributed by atoms with Gasteiger partial charge in [0.05, 0.1) is 23.5 Å². The Morgan fingerprint density at radius 1 is 1.42 bits per heavy atom. The van der Waals surface area contributed by atoms with Gasteiger partial charge in [-0.15, -0.1) is 11.8 Å². The number of carboxylic acids is 1. The first-order valence-corrected chi connectivity index (χ1v) is 6.68. The number of carbonyl (C=O) groups is 2. The number of amides is 1. The number of aliphatic carboxylic acids is 1. The molecule has 1 aromatic carbocycles. The number of carbonyl (C=O) groups excluding carboxylic acids is 1. The van der Waals surface area contributed by atoms with E-state index in [-0.39, 0.29) is 11.7 Å². The van der Waals surface area contributed by atoms with Crippen molar-refractivity contribution in [3.8, 4) is 6.07 Å². The van der Waals surface area contributed by atoms with E-state index in [0.29, 0.717) is 12.1 Å². The summed E-state index contributed by atoms with van der Waals surface area (Å²) in [6.07, 6.45) is 0.334. The maximum atomic E-state index is 11.6. The van der Waals surface area contributed by atoms with E-state index in [9.17, 15) is 9.59 Å². The molecule has 0 heterocycles. The standard InChI is InChI=1S/C13H14N2O3S/c1-9(13(17)18)19-8-12(16)15-11-4-2-10(3-5-11)6-7-14/h2-5,9H,6,8H2,1H3,(H,15,16)(H,17,18). The van der Waals surface area contributed by atoms with Gasteiger partial charge in [-0.2, -0.15) is 5.26 Å². The van der Waals surface area contributed by atoms with Crippen molar-refractivity contribution in [1.82, 2.24) is 0 Å². The van der Waals surface area contributed by atoms with E-state index in [2.05, 4.69) is 5.32 Å². The summed E-state index contributed by atoms with van der Waals surface area (Å²) in [6, 6.07) is 9.02. The molecular formula is C13H14N2O3S. The zero-order valence-electron chi connectivity index (χ0n) is 10.4. The van der Waals surface area contributed by atoms with Crippen molar-refractivity contribution in [3.05, 3.63) is 29.8 Å². The fraction of sp³-hybridized carbons (Fsp3) is 0.308. The van der Waals surface area contributed by atoms with Crippen molar-refractivity contribution >= 4 is 29.3 Å². The van der Waals surface area contributed by atoms with Crippen LogP contribution in [-0.2, 0) is 16.0 Å². The van der Waals surface area contributed by atoms with Crippen molar-refractivity contribution in [1.29, 1.82) is 5.26 Å². The lowest BCUT2D eigenvalue weighted by molar-refractivity contribution is -0.136. The predicted octanol–water partition coefficient (Wildman–Crippen LogP) is 1.90. The van der Waals surface area contributed by atoms with Gasteiger partial charge in [0.1, 0.15) is 0 Å². The first-order chi connectivity index (χ1) is 9.02. The number of thioether (sulfide) groups is 1. The molecule has 5 nitrogen and oxygen atoms in total. The maximum Gasteiger partial charge on any atom is 0.316 e. The number of hydrogen-bond acceptors (Lipinski definition) is 4. The van der Waals surface area contributed by atoms with E-state index in [4.69, 9.17) is 10.4 Å². The van der Waals surface area contributed by atoms with Gasteiger partial charge in [-0.25, -0.2) is 0 Å². The number of anilines is 1. The van der Waals surface area contributed by atoms with Crippen LogP contribution in [-0.4, -0.2) is 28.0 Å². The van der Waals surface area contributed by atoms with E-state index in [1.165, 1.54) is 6.92 Å². The highest BCUT2D eigenvalue weighted by atomic mass is 32.2. The van der Waals surface area contributed by atoms with Crippen molar-refractivity contribution in [2.24, 2.45) is 0 Å². The molecule has 1 aromatic rings. The Hall–Kier alpha value is -2.00. The molecule has 0 bridgehead atoms. The van der Waals surface area contributed by atoms with E-state index >= 15 is 0 Å². The van der Waals surface area contributed by atoms with Gasteiger partial charge in [-0.05, 0) is 24.6 Å². The molecule has 0 aliphatic carbocycles. The second-order valence-corrected chi connectivity index (χ2v) is 5.20. The largest absolute Gasteiger partial charge is 0.480 e. The Bertz CT molecular complexity index is 494. The number of nitriles is 1. The van der Waals surface area contributed by atoms with Crippen LogP contribution >= 0.6 is 11.8 Å². The van der Waals surface area contributed by atoms with E-state index < -0.39 is 11.2 Å². The molecule has 19 heavy (non-hydrogen) atoms. The van der Waals surface area contributed by atoms with Crippen LogP contribution in [0.1, 0.15) is 12.5 Å². The average Bonchev–Trinajstić information content (AvgIpc) is 2.38. The molecule has 2 N–H and O–H groups in total. The highest BCUT2D eigenvalue weighted by Gasteiger charge is 2.13. The summed E-state index contributed by atoms with van der Waals surface area (Å²) in [5.74, 6) is -1.09. The topological polar surface area (TPSA) is 90.2 Å². The van der Waals surface area contributed by atoms with Crippen LogP contribution in [0.15, 0.2) is 24.3 Å². The first kappa shape index (κ1) is 15.1. The molecule has 0 aliphatic rings. The van der Waals surface area contributed by atoms with Crippen LogP contribution in [0.2, 0.25) is 0 Å². The summed E-state index contributed by atoms with van der Waals surface area (Å²) in [5, 5.41) is 19.3. The van der Waals surface area contributed by atoms with Crippen LogP contribution in [0.4, 0.5) is 5.69 Å². The summed E-state index contributed by atoms with van der Waals surface area (Å²) in [6.45, 7) is 1.54. The molecule has 1 unspecified atom stereocenters. The lowest BCUT2D eigenvalue weighted by Gasteiger charge is -2.07. The van der Waals surface area contributed by atoms with Crippen LogP contribution in [0.25, 0.3) is 0 Å². The third kappa shape index (κ3) is 5.44. The fourth-order valence-electron chi connectivity index (χ4n) is 1.27. The van der Waals surface area contributed by atoms with Gasteiger partial charge in [-0.1, -0.05) is 12.1 Å². The minimum atomic E-state index is -0.932. The molecule has 0 aromatic heterocycles. The lowest BCUT2D eigenvalue weighted by atomic mass is 10.1. The number of nitrogens with zero attached hydrogens (tertiary/aromatic N) is 1. The number of benzene rings is 1. The Morgan fingerprint density at radius 2 is 2.05 bits per heavy atom. The molecule has 100 valence electrons. The second kappa shape index (κ2) is 7.44. The minimum absolute atomic E-state index is 0.0907. The smallest absolute Gasteiger partial charge is 0.316 e. The van der Waals surface area contributed by atoms with Gasteiger partial charge in [-0.3, -0.25) is 9.59 Å². The third-order valence-electron chi connectivity index (χ3n) is 2.33. The van der Waals surface area contributed by atoms with E-state index in [1.807, 2.05) is 6.07 Å². The van der Waals surface area contributed by atoms with E-state index in [0.717, 1.165) is 17.3 Å². The van der Waals surface area contributed by atoms with Crippen molar-refractivity contribution in [2.45, 2.75) is 18.6 Å². The Kier molecular flexibility index (Phi) is 5.90. The molecule has 0 radical (unpaired) electrons. The number of nitrogens with one attached hydrogen (secondary N) is 1. The van der Waals surface area contributed by atoms with Gasteiger partial charge in [0.25, 0.3) is 0 Å². The highest BCUT2D eigenvalue weighted by Crippen LogP contribution is 2.13. The minimum Gasteiger partial charge on any atom is -0.480 e. The molecule has 1 atom stereocenters. The second-order valence-electron chi connectivity index (χ2n) is 3.87. The molecule has 0 fully saturated rings.